The summed E-state index contributed by atoms with van der Waals surface area (Å²) in [5, 5.41) is 0. The second-order valence-corrected chi connectivity index (χ2v) is 9.36. The Morgan fingerprint density at radius 1 is 0.700 bits per heavy atom. The van der Waals surface area contributed by atoms with E-state index in [4.69, 9.17) is 0 Å². The van der Waals surface area contributed by atoms with Crippen LogP contribution in [0.1, 0.15) is 67.2 Å². The van der Waals surface area contributed by atoms with Gasteiger partial charge in [-0.1, -0.05) is 54.4 Å². The molecule has 2 nitrogen and oxygen atoms in total. The summed E-state index contributed by atoms with van der Waals surface area (Å²) in [6.45, 7) is 12.7. The van der Waals surface area contributed by atoms with Crippen molar-refractivity contribution >= 4 is 21.6 Å². The Morgan fingerprint density at radius 3 is 1.30 bits per heavy atom. The van der Waals surface area contributed by atoms with Crippen molar-refractivity contribution in [3.05, 3.63) is 0 Å². The number of hydrogen-bond acceptors (Lipinski definition) is 2. The third-order valence-corrected chi connectivity index (χ3v) is 6.05. The molecule has 0 spiro atoms. The lowest BCUT2D eigenvalue weighted by molar-refractivity contribution is 0.648. The molecular weight excluding hydrogens is 288 g/mol. The van der Waals surface area contributed by atoms with E-state index >= 15 is 0 Å². The first-order valence-electron chi connectivity index (χ1n) is 8.03. The van der Waals surface area contributed by atoms with Crippen LogP contribution in [0.3, 0.4) is 0 Å². The fraction of sp³-hybridized carbons (Fsp3) is 1.00. The second kappa shape index (κ2) is 15.7. The summed E-state index contributed by atoms with van der Waals surface area (Å²) in [5.41, 5.74) is 0. The van der Waals surface area contributed by atoms with E-state index < -0.39 is 21.6 Å². The quantitative estimate of drug-likeness (QED) is 0.597. The summed E-state index contributed by atoms with van der Waals surface area (Å²) >= 11 is 0. The summed E-state index contributed by atoms with van der Waals surface area (Å²) < 4.78 is 22.2. The SMILES string of the molecule is CC(C)CS(=O)CC(C)C.CCCCS(=O)CCCC. The Hall–Kier alpha value is 0.300. The molecule has 0 fully saturated rings. The monoisotopic (exact) mass is 324 g/mol. The minimum Gasteiger partial charge on any atom is -0.260 e. The van der Waals surface area contributed by atoms with Gasteiger partial charge in [-0.15, -0.1) is 0 Å². The van der Waals surface area contributed by atoms with Gasteiger partial charge in [0.15, 0.2) is 0 Å². The molecular formula is C16H36O2S2. The predicted molar refractivity (Wildman–Crippen MR) is 95.2 cm³/mol. The third kappa shape index (κ3) is 20.6. The van der Waals surface area contributed by atoms with Crippen LogP contribution in [0.2, 0.25) is 0 Å². The van der Waals surface area contributed by atoms with Crippen molar-refractivity contribution in [2.75, 3.05) is 23.0 Å². The molecule has 0 aliphatic heterocycles. The van der Waals surface area contributed by atoms with Gasteiger partial charge in [0.05, 0.1) is 0 Å². The summed E-state index contributed by atoms with van der Waals surface area (Å²) in [6, 6.07) is 0. The predicted octanol–water partition coefficient (Wildman–Crippen LogP) is 4.38. The lowest BCUT2D eigenvalue weighted by Crippen LogP contribution is -2.11. The van der Waals surface area contributed by atoms with Gasteiger partial charge >= 0.3 is 0 Å². The average Bonchev–Trinajstić information content (AvgIpc) is 2.32. The highest BCUT2D eigenvalue weighted by molar-refractivity contribution is 7.85. The van der Waals surface area contributed by atoms with Crippen molar-refractivity contribution in [3.8, 4) is 0 Å². The summed E-state index contributed by atoms with van der Waals surface area (Å²) in [6.07, 6.45) is 4.57. The van der Waals surface area contributed by atoms with Gasteiger partial charge in [0, 0.05) is 44.6 Å². The van der Waals surface area contributed by atoms with Crippen LogP contribution >= 0.6 is 0 Å². The smallest absolute Gasteiger partial charge is 0.0258 e. The maximum atomic E-state index is 11.2. The van der Waals surface area contributed by atoms with Gasteiger partial charge in [-0.25, -0.2) is 0 Å². The van der Waals surface area contributed by atoms with E-state index in [1.54, 1.807) is 0 Å². The zero-order chi connectivity index (χ0) is 16.0. The summed E-state index contributed by atoms with van der Waals surface area (Å²) in [7, 11) is -1.10. The standard InChI is InChI=1S/2C8H18OS/c1-7(2)5-10(9)6-8(3)4;1-3-5-7-10(9)8-6-4-2/h7-8H,5-6H2,1-4H3;3-8H2,1-2H3. The van der Waals surface area contributed by atoms with Gasteiger partial charge in [-0.2, -0.15) is 0 Å². The Labute approximate surface area is 132 Å². The molecule has 0 aromatic carbocycles. The van der Waals surface area contributed by atoms with Gasteiger partial charge in [-0.3, -0.25) is 8.42 Å². The van der Waals surface area contributed by atoms with Crippen molar-refractivity contribution in [1.29, 1.82) is 0 Å². The van der Waals surface area contributed by atoms with Crippen LogP contribution < -0.4 is 0 Å². The number of hydrogen-bond donors (Lipinski definition) is 0. The Kier molecular flexibility index (Phi) is 17.7. The van der Waals surface area contributed by atoms with Crippen LogP contribution in [0.5, 0.6) is 0 Å². The molecule has 0 rings (SSSR count). The number of unbranched alkanes of at least 4 members (excludes halogenated alkanes) is 2. The van der Waals surface area contributed by atoms with Crippen LogP contribution in [0.15, 0.2) is 0 Å². The van der Waals surface area contributed by atoms with E-state index in [1.165, 1.54) is 0 Å². The minimum absolute atomic E-state index is 0.520. The van der Waals surface area contributed by atoms with Crippen molar-refractivity contribution in [1.82, 2.24) is 0 Å². The van der Waals surface area contributed by atoms with Crippen LogP contribution in [-0.2, 0) is 21.6 Å². The summed E-state index contributed by atoms with van der Waals surface area (Å²) in [4.78, 5) is 0. The van der Waals surface area contributed by atoms with Crippen molar-refractivity contribution in [2.24, 2.45) is 11.8 Å². The molecule has 0 aromatic rings. The Morgan fingerprint density at radius 2 is 1.05 bits per heavy atom. The molecule has 0 heterocycles. The molecule has 0 aliphatic rings. The van der Waals surface area contributed by atoms with Gasteiger partial charge in [0.2, 0.25) is 0 Å². The highest BCUT2D eigenvalue weighted by Gasteiger charge is 2.04. The van der Waals surface area contributed by atoms with Gasteiger partial charge < -0.3 is 0 Å². The zero-order valence-electron chi connectivity index (χ0n) is 14.4. The molecule has 0 aromatic heterocycles. The molecule has 20 heavy (non-hydrogen) atoms. The molecule has 0 aliphatic carbocycles. The van der Waals surface area contributed by atoms with Gasteiger partial charge in [0.25, 0.3) is 0 Å². The molecule has 4 heteroatoms. The first kappa shape index (κ1) is 22.6. The minimum atomic E-state index is -0.580. The molecule has 0 saturated carbocycles. The van der Waals surface area contributed by atoms with E-state index in [1.807, 2.05) is 0 Å². The van der Waals surface area contributed by atoms with E-state index in [2.05, 4.69) is 41.5 Å². The lowest BCUT2D eigenvalue weighted by Gasteiger charge is -2.06. The number of rotatable bonds is 10. The fourth-order valence-electron chi connectivity index (χ4n) is 1.52. The van der Waals surface area contributed by atoms with E-state index in [9.17, 15) is 8.42 Å². The van der Waals surface area contributed by atoms with Crippen LogP contribution in [0.4, 0.5) is 0 Å². The molecule has 0 saturated heterocycles. The van der Waals surface area contributed by atoms with E-state index in [-0.39, 0.29) is 0 Å². The zero-order valence-corrected chi connectivity index (χ0v) is 16.1. The highest BCUT2D eigenvalue weighted by Crippen LogP contribution is 2.01. The van der Waals surface area contributed by atoms with Gasteiger partial charge in [-0.05, 0) is 24.7 Å². The highest BCUT2D eigenvalue weighted by atomic mass is 32.2. The molecule has 124 valence electrons. The van der Waals surface area contributed by atoms with Crippen molar-refractivity contribution in [3.63, 3.8) is 0 Å². The van der Waals surface area contributed by atoms with Gasteiger partial charge in [0.1, 0.15) is 0 Å². The lowest BCUT2D eigenvalue weighted by atomic mass is 10.3. The molecule has 0 bridgehead atoms. The van der Waals surface area contributed by atoms with E-state index in [0.717, 1.165) is 48.7 Å². The second-order valence-electron chi connectivity index (χ2n) is 6.12. The van der Waals surface area contributed by atoms with Crippen LogP contribution in [-0.4, -0.2) is 31.4 Å². The Bertz CT molecular complexity index is 229. The molecule has 0 unspecified atom stereocenters. The van der Waals surface area contributed by atoms with Crippen LogP contribution in [0, 0.1) is 11.8 Å². The molecule has 0 amide bonds. The molecule has 0 N–H and O–H groups in total. The summed E-state index contributed by atoms with van der Waals surface area (Å²) in [5.74, 6) is 4.68. The molecule has 0 atom stereocenters. The first-order valence-corrected chi connectivity index (χ1v) is 11.0. The first-order chi connectivity index (χ1) is 9.33. The maximum Gasteiger partial charge on any atom is 0.0258 e. The largest absolute Gasteiger partial charge is 0.260 e. The topological polar surface area (TPSA) is 34.1 Å². The van der Waals surface area contributed by atoms with Crippen molar-refractivity contribution < 1.29 is 8.42 Å². The Balaban J connectivity index is 0. The normalized spacial score (nSPS) is 11.3. The fourth-order valence-corrected chi connectivity index (χ4v) is 4.57. The van der Waals surface area contributed by atoms with E-state index in [0.29, 0.717) is 11.8 Å². The molecule has 0 radical (unpaired) electrons. The average molecular weight is 325 g/mol. The van der Waals surface area contributed by atoms with Crippen molar-refractivity contribution in [2.45, 2.75) is 67.2 Å². The maximum absolute atomic E-state index is 11.2. The third-order valence-electron chi connectivity index (χ3n) is 2.49. The van der Waals surface area contributed by atoms with Crippen LogP contribution in [0.25, 0.3) is 0 Å².